The highest BCUT2D eigenvalue weighted by Gasteiger charge is 2.16. The van der Waals surface area contributed by atoms with Crippen molar-refractivity contribution in [1.82, 2.24) is 0 Å². The van der Waals surface area contributed by atoms with E-state index in [1.807, 2.05) is 6.07 Å². The largest absolute Gasteiger partial charge is 0.383 e. The summed E-state index contributed by atoms with van der Waals surface area (Å²) in [6, 6.07) is 6.42. The molecule has 2 rings (SSSR count). The molecule has 1 unspecified atom stereocenters. The van der Waals surface area contributed by atoms with Crippen LogP contribution in [0.4, 0.5) is 4.39 Å². The van der Waals surface area contributed by atoms with Gasteiger partial charge in [-0.3, -0.25) is 0 Å². The van der Waals surface area contributed by atoms with Crippen LogP contribution >= 0.6 is 43.2 Å². The lowest BCUT2D eigenvalue weighted by molar-refractivity contribution is 0.223. The minimum atomic E-state index is -0.794. The maximum Gasteiger partial charge on any atom is 0.123 e. The van der Waals surface area contributed by atoms with Crippen LogP contribution in [0.3, 0.4) is 0 Å². The Hall–Kier alpha value is -0.230. The number of thiophene rings is 1. The van der Waals surface area contributed by atoms with Gasteiger partial charge in [0.15, 0.2) is 0 Å². The Balaban J connectivity index is 2.39. The Bertz CT molecular complexity index is 514. The van der Waals surface area contributed by atoms with E-state index in [-0.39, 0.29) is 5.82 Å². The molecule has 0 bridgehead atoms. The quantitative estimate of drug-likeness (QED) is 0.794. The third-order valence-electron chi connectivity index (χ3n) is 2.31. The van der Waals surface area contributed by atoms with Crippen LogP contribution in [0.15, 0.2) is 32.5 Å². The molecule has 0 saturated carbocycles. The molecule has 90 valence electrons. The summed E-state index contributed by atoms with van der Waals surface area (Å²) in [4.78, 5) is 0.772. The number of hydrogen-bond donors (Lipinski definition) is 1. The summed E-state index contributed by atoms with van der Waals surface area (Å²) >= 11 is 8.16. The predicted molar refractivity (Wildman–Crippen MR) is 74.9 cm³/mol. The van der Waals surface area contributed by atoms with Crippen molar-refractivity contribution in [2.45, 2.75) is 13.0 Å². The molecule has 2 aromatic rings. The molecule has 0 spiro atoms. The number of hydrogen-bond acceptors (Lipinski definition) is 2. The summed E-state index contributed by atoms with van der Waals surface area (Å²) < 4.78 is 15.1. The highest BCUT2D eigenvalue weighted by molar-refractivity contribution is 9.13. The van der Waals surface area contributed by atoms with Gasteiger partial charge in [0.05, 0.1) is 3.79 Å². The van der Waals surface area contributed by atoms with E-state index in [2.05, 4.69) is 31.9 Å². The number of benzene rings is 1. The summed E-state index contributed by atoms with van der Waals surface area (Å²) in [7, 11) is 0. The van der Waals surface area contributed by atoms with Crippen LogP contribution in [0.1, 0.15) is 22.1 Å². The molecule has 0 aliphatic heterocycles. The van der Waals surface area contributed by atoms with Crippen LogP contribution in [0.25, 0.3) is 0 Å². The smallest absolute Gasteiger partial charge is 0.123 e. The number of aliphatic hydroxyl groups excluding tert-OH is 1. The zero-order valence-corrected chi connectivity index (χ0v) is 12.9. The van der Waals surface area contributed by atoms with Crippen molar-refractivity contribution in [3.05, 3.63) is 54.3 Å². The maximum atomic E-state index is 13.3. The normalized spacial score (nSPS) is 12.8. The Kier molecular flexibility index (Phi) is 4.02. The predicted octanol–water partition coefficient (Wildman–Crippen LogP) is 4.80. The van der Waals surface area contributed by atoms with Crippen LogP contribution < -0.4 is 0 Å². The molecular formula is C12H9Br2FOS. The second-order valence-corrected chi connectivity index (χ2v) is 6.99. The van der Waals surface area contributed by atoms with E-state index in [0.717, 1.165) is 18.7 Å². The maximum absolute atomic E-state index is 13.3. The molecule has 0 aliphatic carbocycles. The monoisotopic (exact) mass is 378 g/mol. The Morgan fingerprint density at radius 2 is 1.94 bits per heavy atom. The Morgan fingerprint density at radius 1 is 1.24 bits per heavy atom. The first-order valence-corrected chi connectivity index (χ1v) is 7.27. The van der Waals surface area contributed by atoms with Crippen molar-refractivity contribution in [3.8, 4) is 0 Å². The standard InChI is InChI=1S/C12H9Br2FOS/c1-6-2-7(4-8(15)3-6)11(16)10-5-9(13)12(14)17-10/h2-5,11,16H,1H3. The van der Waals surface area contributed by atoms with Gasteiger partial charge in [-0.05, 0) is 68.1 Å². The zero-order valence-electron chi connectivity index (χ0n) is 8.88. The van der Waals surface area contributed by atoms with E-state index in [9.17, 15) is 9.50 Å². The van der Waals surface area contributed by atoms with Crippen molar-refractivity contribution in [3.63, 3.8) is 0 Å². The lowest BCUT2D eigenvalue weighted by Gasteiger charge is -2.09. The summed E-state index contributed by atoms with van der Waals surface area (Å²) in [6.07, 6.45) is -0.794. The molecule has 1 N–H and O–H groups in total. The molecule has 0 fully saturated rings. The molecule has 1 atom stereocenters. The lowest BCUT2D eigenvalue weighted by atomic mass is 10.1. The van der Waals surface area contributed by atoms with Crippen LogP contribution in [0.2, 0.25) is 0 Å². The van der Waals surface area contributed by atoms with Crippen molar-refractivity contribution in [1.29, 1.82) is 0 Å². The van der Waals surface area contributed by atoms with Gasteiger partial charge >= 0.3 is 0 Å². The molecular weight excluding hydrogens is 371 g/mol. The van der Waals surface area contributed by atoms with E-state index < -0.39 is 6.10 Å². The SMILES string of the molecule is Cc1cc(F)cc(C(O)c2cc(Br)c(Br)s2)c1. The zero-order chi connectivity index (χ0) is 12.6. The van der Waals surface area contributed by atoms with E-state index in [0.29, 0.717) is 5.56 Å². The fourth-order valence-electron chi connectivity index (χ4n) is 1.58. The van der Waals surface area contributed by atoms with Crippen molar-refractivity contribution >= 4 is 43.2 Å². The van der Waals surface area contributed by atoms with Gasteiger partial charge in [0.25, 0.3) is 0 Å². The van der Waals surface area contributed by atoms with Crippen molar-refractivity contribution in [2.75, 3.05) is 0 Å². The van der Waals surface area contributed by atoms with Gasteiger partial charge in [-0.2, -0.15) is 0 Å². The van der Waals surface area contributed by atoms with Gasteiger partial charge in [-0.25, -0.2) is 4.39 Å². The first-order chi connectivity index (χ1) is 7.97. The van der Waals surface area contributed by atoms with Gasteiger partial charge in [0, 0.05) is 9.35 Å². The van der Waals surface area contributed by atoms with Crippen LogP contribution in [-0.2, 0) is 0 Å². The number of aryl methyl sites for hydroxylation is 1. The second-order valence-electron chi connectivity index (χ2n) is 3.73. The number of halogens is 3. The van der Waals surface area contributed by atoms with Gasteiger partial charge in [-0.15, -0.1) is 11.3 Å². The molecule has 1 aromatic carbocycles. The van der Waals surface area contributed by atoms with E-state index >= 15 is 0 Å². The lowest BCUT2D eigenvalue weighted by Crippen LogP contribution is -1.98. The molecule has 1 nitrogen and oxygen atoms in total. The van der Waals surface area contributed by atoms with Gasteiger partial charge in [0.1, 0.15) is 11.9 Å². The topological polar surface area (TPSA) is 20.2 Å². The third kappa shape index (κ3) is 2.96. The van der Waals surface area contributed by atoms with E-state index in [1.165, 1.54) is 23.5 Å². The highest BCUT2D eigenvalue weighted by Crippen LogP contribution is 2.37. The van der Waals surface area contributed by atoms with Gasteiger partial charge in [0.2, 0.25) is 0 Å². The molecule has 17 heavy (non-hydrogen) atoms. The summed E-state index contributed by atoms with van der Waals surface area (Å²) in [5, 5.41) is 10.2. The Morgan fingerprint density at radius 3 is 2.47 bits per heavy atom. The fourth-order valence-corrected chi connectivity index (χ4v) is 3.69. The highest BCUT2D eigenvalue weighted by atomic mass is 79.9. The molecule has 5 heteroatoms. The molecule has 1 aromatic heterocycles. The first-order valence-electron chi connectivity index (χ1n) is 4.87. The molecule has 0 saturated heterocycles. The first kappa shape index (κ1) is 13.2. The fraction of sp³-hybridized carbons (Fsp3) is 0.167. The Labute approximate surface area is 120 Å². The minimum absolute atomic E-state index is 0.325. The minimum Gasteiger partial charge on any atom is -0.383 e. The molecule has 1 heterocycles. The number of rotatable bonds is 2. The van der Waals surface area contributed by atoms with Crippen molar-refractivity contribution < 1.29 is 9.50 Å². The van der Waals surface area contributed by atoms with Crippen molar-refractivity contribution in [2.24, 2.45) is 0 Å². The molecule has 0 amide bonds. The summed E-state index contributed by atoms with van der Waals surface area (Å²) in [5.41, 5.74) is 1.37. The average Bonchev–Trinajstić information content (AvgIpc) is 2.57. The van der Waals surface area contributed by atoms with Gasteiger partial charge in [-0.1, -0.05) is 6.07 Å². The van der Waals surface area contributed by atoms with E-state index in [1.54, 1.807) is 13.0 Å². The summed E-state index contributed by atoms with van der Waals surface area (Å²) in [6.45, 7) is 1.81. The van der Waals surface area contributed by atoms with Crippen LogP contribution in [0.5, 0.6) is 0 Å². The molecule has 0 radical (unpaired) electrons. The van der Waals surface area contributed by atoms with Gasteiger partial charge < -0.3 is 5.11 Å². The third-order valence-corrected chi connectivity index (χ3v) is 5.62. The second kappa shape index (κ2) is 5.18. The average molecular weight is 380 g/mol. The summed E-state index contributed by atoms with van der Waals surface area (Å²) in [5.74, 6) is -0.325. The van der Waals surface area contributed by atoms with Crippen LogP contribution in [0, 0.1) is 12.7 Å². The molecule has 0 aliphatic rings. The number of aliphatic hydroxyl groups is 1. The van der Waals surface area contributed by atoms with E-state index in [4.69, 9.17) is 0 Å². The van der Waals surface area contributed by atoms with Crippen LogP contribution in [-0.4, -0.2) is 5.11 Å².